The van der Waals surface area contributed by atoms with Gasteiger partial charge in [0.15, 0.2) is 0 Å². The Labute approximate surface area is 138 Å². The zero-order valence-electron chi connectivity index (χ0n) is 11.4. The molecule has 1 unspecified atom stereocenters. The lowest BCUT2D eigenvalue weighted by Crippen LogP contribution is -2.06. The molecule has 0 radical (unpaired) electrons. The van der Waals surface area contributed by atoms with Crippen LogP contribution in [0, 0.1) is 0 Å². The molecule has 3 aromatic rings. The molecule has 0 aliphatic heterocycles. The van der Waals surface area contributed by atoms with E-state index in [0.29, 0.717) is 11.6 Å². The molecular formula is C16H13Cl3N2. The molecule has 0 bridgehead atoms. The van der Waals surface area contributed by atoms with Gasteiger partial charge in [-0.15, -0.1) is 11.6 Å². The second-order valence-electron chi connectivity index (χ2n) is 4.87. The number of aromatic nitrogens is 2. The summed E-state index contributed by atoms with van der Waals surface area (Å²) in [5.74, 6) is 0.791. The lowest BCUT2D eigenvalue weighted by Gasteiger charge is -2.12. The van der Waals surface area contributed by atoms with Gasteiger partial charge in [-0.1, -0.05) is 47.5 Å². The number of para-hydroxylation sites is 1. The van der Waals surface area contributed by atoms with Crippen molar-refractivity contribution in [1.82, 2.24) is 9.55 Å². The maximum atomic E-state index is 6.35. The standard InChI is InChI=1S/C16H13Cl3N2/c1-10(17)16-20-14-8-4-7-13(19)15(14)21(16)9-11-5-2-3-6-12(11)18/h2-8,10H,9H2,1H3. The van der Waals surface area contributed by atoms with Gasteiger partial charge in [-0.25, -0.2) is 4.98 Å². The molecule has 0 aliphatic rings. The fourth-order valence-electron chi connectivity index (χ4n) is 2.42. The van der Waals surface area contributed by atoms with Crippen LogP contribution in [0.1, 0.15) is 23.7 Å². The first kappa shape index (κ1) is 14.7. The third-order valence-corrected chi connectivity index (χ3v) is 4.26. The van der Waals surface area contributed by atoms with E-state index >= 15 is 0 Å². The Balaban J connectivity index is 2.20. The van der Waals surface area contributed by atoms with Crippen LogP contribution >= 0.6 is 34.8 Å². The van der Waals surface area contributed by atoms with E-state index in [0.717, 1.165) is 27.4 Å². The molecule has 0 aliphatic carbocycles. The van der Waals surface area contributed by atoms with E-state index < -0.39 is 0 Å². The first-order valence-corrected chi connectivity index (χ1v) is 7.79. The van der Waals surface area contributed by atoms with E-state index in [9.17, 15) is 0 Å². The fourth-order valence-corrected chi connectivity index (χ4v) is 3.05. The van der Waals surface area contributed by atoms with Crippen LogP contribution in [0.15, 0.2) is 42.5 Å². The summed E-state index contributed by atoms with van der Waals surface area (Å²) in [7, 11) is 0. The van der Waals surface area contributed by atoms with Crippen LogP contribution in [0.3, 0.4) is 0 Å². The van der Waals surface area contributed by atoms with Gasteiger partial charge in [0.1, 0.15) is 5.82 Å². The number of imidazole rings is 1. The van der Waals surface area contributed by atoms with Crippen molar-refractivity contribution >= 4 is 45.8 Å². The van der Waals surface area contributed by atoms with E-state index in [1.165, 1.54) is 0 Å². The molecule has 0 saturated heterocycles. The summed E-state index contributed by atoms with van der Waals surface area (Å²) >= 11 is 18.9. The molecule has 2 aromatic carbocycles. The molecule has 21 heavy (non-hydrogen) atoms. The predicted molar refractivity (Wildman–Crippen MR) is 89.6 cm³/mol. The van der Waals surface area contributed by atoms with E-state index in [2.05, 4.69) is 4.98 Å². The van der Waals surface area contributed by atoms with Gasteiger partial charge in [-0.3, -0.25) is 0 Å². The number of alkyl halides is 1. The molecule has 1 heterocycles. The normalized spacial score (nSPS) is 12.8. The first-order valence-electron chi connectivity index (χ1n) is 6.60. The average Bonchev–Trinajstić information content (AvgIpc) is 2.82. The molecule has 2 nitrogen and oxygen atoms in total. The maximum absolute atomic E-state index is 6.35. The average molecular weight is 340 g/mol. The van der Waals surface area contributed by atoms with Gasteiger partial charge in [0, 0.05) is 5.02 Å². The van der Waals surface area contributed by atoms with Gasteiger partial charge in [0.05, 0.1) is 28.0 Å². The van der Waals surface area contributed by atoms with Gasteiger partial charge in [0.25, 0.3) is 0 Å². The summed E-state index contributed by atoms with van der Waals surface area (Å²) in [6, 6.07) is 13.4. The van der Waals surface area contributed by atoms with Gasteiger partial charge < -0.3 is 4.57 Å². The van der Waals surface area contributed by atoms with Crippen molar-refractivity contribution < 1.29 is 0 Å². The molecule has 0 N–H and O–H groups in total. The number of fused-ring (bicyclic) bond motifs is 1. The Kier molecular flexibility index (Phi) is 4.12. The summed E-state index contributed by atoms with van der Waals surface area (Å²) < 4.78 is 2.04. The van der Waals surface area contributed by atoms with E-state index in [4.69, 9.17) is 34.8 Å². The second-order valence-corrected chi connectivity index (χ2v) is 6.34. The summed E-state index contributed by atoms with van der Waals surface area (Å²) in [4.78, 5) is 4.60. The molecule has 5 heteroatoms. The smallest absolute Gasteiger partial charge is 0.128 e. The van der Waals surface area contributed by atoms with Crippen molar-refractivity contribution in [2.24, 2.45) is 0 Å². The number of halogens is 3. The van der Waals surface area contributed by atoms with Crippen LogP contribution in [-0.2, 0) is 6.54 Å². The molecule has 0 fully saturated rings. The predicted octanol–water partition coefficient (Wildman–Crippen LogP) is 5.69. The van der Waals surface area contributed by atoms with Crippen molar-refractivity contribution in [2.45, 2.75) is 18.8 Å². The summed E-state index contributed by atoms with van der Waals surface area (Å²) in [6.45, 7) is 2.49. The summed E-state index contributed by atoms with van der Waals surface area (Å²) in [5.41, 5.74) is 2.75. The number of benzene rings is 2. The van der Waals surface area contributed by atoms with Gasteiger partial charge in [-0.2, -0.15) is 0 Å². The van der Waals surface area contributed by atoms with Crippen molar-refractivity contribution in [2.75, 3.05) is 0 Å². The number of rotatable bonds is 3. The molecule has 1 aromatic heterocycles. The lowest BCUT2D eigenvalue weighted by atomic mass is 10.2. The highest BCUT2D eigenvalue weighted by atomic mass is 35.5. The Hall–Kier alpha value is -1.22. The Morgan fingerprint density at radius 3 is 2.48 bits per heavy atom. The topological polar surface area (TPSA) is 17.8 Å². The number of nitrogens with zero attached hydrogens (tertiary/aromatic N) is 2. The van der Waals surface area contributed by atoms with Crippen LogP contribution in [-0.4, -0.2) is 9.55 Å². The monoisotopic (exact) mass is 338 g/mol. The SMILES string of the molecule is CC(Cl)c1nc2cccc(Cl)c2n1Cc1ccccc1Cl. The van der Waals surface area contributed by atoms with Crippen LogP contribution in [0.2, 0.25) is 10.0 Å². The summed E-state index contributed by atoms with van der Waals surface area (Å²) in [6.07, 6.45) is 0. The highest BCUT2D eigenvalue weighted by Crippen LogP contribution is 2.30. The van der Waals surface area contributed by atoms with Crippen molar-refractivity contribution in [3.8, 4) is 0 Å². The fraction of sp³-hybridized carbons (Fsp3) is 0.188. The largest absolute Gasteiger partial charge is 0.321 e. The Morgan fingerprint density at radius 1 is 1.05 bits per heavy atom. The maximum Gasteiger partial charge on any atom is 0.128 e. The van der Waals surface area contributed by atoms with Crippen LogP contribution in [0.5, 0.6) is 0 Å². The van der Waals surface area contributed by atoms with Gasteiger partial charge in [0.2, 0.25) is 0 Å². The second kappa shape index (κ2) is 5.88. The molecular weight excluding hydrogens is 327 g/mol. The van der Waals surface area contributed by atoms with Crippen molar-refractivity contribution in [3.05, 3.63) is 63.9 Å². The zero-order valence-corrected chi connectivity index (χ0v) is 13.6. The zero-order chi connectivity index (χ0) is 15.0. The highest BCUT2D eigenvalue weighted by molar-refractivity contribution is 6.35. The van der Waals surface area contributed by atoms with Crippen molar-refractivity contribution in [1.29, 1.82) is 0 Å². The Bertz CT molecular complexity index is 793. The molecule has 1 atom stereocenters. The van der Waals surface area contributed by atoms with Crippen molar-refractivity contribution in [3.63, 3.8) is 0 Å². The van der Waals surface area contributed by atoms with E-state index in [-0.39, 0.29) is 5.38 Å². The third-order valence-electron chi connectivity index (χ3n) is 3.39. The lowest BCUT2D eigenvalue weighted by molar-refractivity contribution is 0.743. The minimum absolute atomic E-state index is 0.212. The molecule has 3 rings (SSSR count). The minimum atomic E-state index is -0.212. The van der Waals surface area contributed by atoms with Gasteiger partial charge >= 0.3 is 0 Å². The molecule has 0 amide bonds. The minimum Gasteiger partial charge on any atom is -0.321 e. The number of hydrogen-bond donors (Lipinski definition) is 0. The third kappa shape index (κ3) is 2.76. The molecule has 0 saturated carbocycles. The quantitative estimate of drug-likeness (QED) is 0.560. The Morgan fingerprint density at radius 2 is 1.76 bits per heavy atom. The van der Waals surface area contributed by atoms with Crippen LogP contribution in [0.25, 0.3) is 11.0 Å². The van der Waals surface area contributed by atoms with Crippen LogP contribution < -0.4 is 0 Å². The van der Waals surface area contributed by atoms with Gasteiger partial charge in [-0.05, 0) is 30.7 Å². The van der Waals surface area contributed by atoms with Crippen LogP contribution in [0.4, 0.5) is 0 Å². The van der Waals surface area contributed by atoms with E-state index in [1.54, 1.807) is 0 Å². The molecule has 108 valence electrons. The highest BCUT2D eigenvalue weighted by Gasteiger charge is 2.17. The summed E-state index contributed by atoms with van der Waals surface area (Å²) in [5, 5.41) is 1.17. The van der Waals surface area contributed by atoms with E-state index in [1.807, 2.05) is 54.0 Å². The first-order chi connectivity index (χ1) is 10.1. The molecule has 0 spiro atoms. The number of hydrogen-bond acceptors (Lipinski definition) is 1.